The highest BCUT2D eigenvalue weighted by Gasteiger charge is 2.17. The lowest BCUT2D eigenvalue weighted by atomic mass is 10.0. The van der Waals surface area contributed by atoms with Crippen molar-refractivity contribution >= 4 is 43.4 Å². The fourth-order valence-corrected chi connectivity index (χ4v) is 4.75. The number of hydrogen-bond acceptors (Lipinski definition) is 5. The molecule has 4 nitrogen and oxygen atoms in total. The smallest absolute Gasteiger partial charge is 0.347 e. The van der Waals surface area contributed by atoms with Crippen LogP contribution in [0.25, 0.3) is 53.9 Å². The third kappa shape index (κ3) is 2.64. The van der Waals surface area contributed by atoms with E-state index in [9.17, 15) is 4.79 Å². The molecule has 0 saturated carbocycles. The molecule has 0 amide bonds. The Labute approximate surface area is 175 Å². The van der Waals surface area contributed by atoms with Crippen molar-refractivity contribution in [3.8, 4) is 21.8 Å². The summed E-state index contributed by atoms with van der Waals surface area (Å²) in [5, 5.41) is 3.47. The summed E-state index contributed by atoms with van der Waals surface area (Å²) >= 11 is 1.49. The molecule has 0 N–H and O–H groups in total. The first kappa shape index (κ1) is 17.1. The van der Waals surface area contributed by atoms with Gasteiger partial charge < -0.3 is 4.42 Å². The van der Waals surface area contributed by atoms with Crippen LogP contribution in [0.5, 0.6) is 0 Å². The molecule has 0 unspecified atom stereocenters. The first-order valence-electron chi connectivity index (χ1n) is 9.56. The monoisotopic (exact) mass is 406 g/mol. The second kappa shape index (κ2) is 6.61. The Morgan fingerprint density at radius 1 is 0.733 bits per heavy atom. The maximum atomic E-state index is 12.9. The van der Waals surface area contributed by atoms with E-state index in [2.05, 4.69) is 4.98 Å². The summed E-state index contributed by atoms with van der Waals surface area (Å²) in [5.41, 5.74) is 3.02. The maximum Gasteiger partial charge on any atom is 0.347 e. The zero-order valence-electron chi connectivity index (χ0n) is 15.7. The van der Waals surface area contributed by atoms with Gasteiger partial charge in [-0.15, -0.1) is 11.3 Å². The molecule has 0 aliphatic carbocycles. The zero-order chi connectivity index (χ0) is 20.1. The summed E-state index contributed by atoms with van der Waals surface area (Å²) in [5.74, 6) is 0. The van der Waals surface area contributed by atoms with Crippen LogP contribution in [0.4, 0.5) is 0 Å². The highest BCUT2D eigenvalue weighted by atomic mass is 32.1. The summed E-state index contributed by atoms with van der Waals surface area (Å²) in [6, 6.07) is 27.7. The molecule has 6 rings (SSSR count). The van der Waals surface area contributed by atoms with E-state index in [1.807, 2.05) is 84.9 Å². The van der Waals surface area contributed by atoms with Gasteiger partial charge in [0.2, 0.25) is 5.71 Å². The summed E-state index contributed by atoms with van der Waals surface area (Å²) in [6.45, 7) is 0. The molecule has 5 heteroatoms. The Hall–Kier alpha value is -3.83. The van der Waals surface area contributed by atoms with Gasteiger partial charge in [0.1, 0.15) is 5.01 Å². The van der Waals surface area contributed by atoms with Gasteiger partial charge in [0.25, 0.3) is 0 Å². The highest BCUT2D eigenvalue weighted by Crippen LogP contribution is 2.34. The molecule has 0 bridgehead atoms. The standard InChI is InChI=1S/C25H14N2O2S/c28-25-19(24-26-20-12-6-7-13-21(20)30-24)14-18-16-10-4-5-11-17(16)22(27-23(18)29-25)15-8-2-1-3-9-15/h1-14H. The van der Waals surface area contributed by atoms with Crippen molar-refractivity contribution in [1.82, 2.24) is 9.97 Å². The van der Waals surface area contributed by atoms with Crippen molar-refractivity contribution in [2.24, 2.45) is 0 Å². The third-order valence-electron chi connectivity index (χ3n) is 5.19. The van der Waals surface area contributed by atoms with Crippen LogP contribution in [0.3, 0.4) is 0 Å². The number of fused-ring (bicyclic) bond motifs is 4. The lowest BCUT2D eigenvalue weighted by Crippen LogP contribution is -2.04. The number of nitrogens with zero attached hydrogens (tertiary/aromatic N) is 2. The number of aromatic nitrogens is 2. The molecule has 0 radical (unpaired) electrons. The van der Waals surface area contributed by atoms with Crippen LogP contribution in [-0.2, 0) is 0 Å². The van der Waals surface area contributed by atoms with Gasteiger partial charge in [0.05, 0.1) is 21.5 Å². The summed E-state index contributed by atoms with van der Waals surface area (Å²) in [6.07, 6.45) is 0. The molecule has 6 aromatic rings. The SMILES string of the molecule is O=c1oc2nc(-c3ccccc3)c3ccccc3c2cc1-c1nc2ccccc2s1. The van der Waals surface area contributed by atoms with Crippen LogP contribution in [-0.4, -0.2) is 9.97 Å². The molecular weight excluding hydrogens is 392 g/mol. The number of rotatable bonds is 2. The van der Waals surface area contributed by atoms with Crippen LogP contribution >= 0.6 is 11.3 Å². The van der Waals surface area contributed by atoms with Gasteiger partial charge in [0.15, 0.2) is 0 Å². The molecular formula is C25H14N2O2S. The van der Waals surface area contributed by atoms with Crippen molar-refractivity contribution in [3.05, 3.63) is 95.3 Å². The van der Waals surface area contributed by atoms with Crippen molar-refractivity contribution in [2.75, 3.05) is 0 Å². The Kier molecular flexibility index (Phi) is 3.76. The first-order chi connectivity index (χ1) is 14.8. The van der Waals surface area contributed by atoms with E-state index in [0.29, 0.717) is 16.3 Å². The molecule has 0 saturated heterocycles. The van der Waals surface area contributed by atoms with E-state index >= 15 is 0 Å². The Bertz CT molecular complexity index is 1580. The summed E-state index contributed by atoms with van der Waals surface area (Å²) in [4.78, 5) is 22.2. The average molecular weight is 406 g/mol. The van der Waals surface area contributed by atoms with E-state index in [1.54, 1.807) is 0 Å². The first-order valence-corrected chi connectivity index (χ1v) is 10.4. The molecule has 0 spiro atoms. The van der Waals surface area contributed by atoms with Gasteiger partial charge in [0, 0.05) is 16.3 Å². The molecule has 3 aromatic carbocycles. The number of benzene rings is 3. The van der Waals surface area contributed by atoms with Crippen LogP contribution in [0.2, 0.25) is 0 Å². The minimum absolute atomic E-state index is 0.336. The fourth-order valence-electron chi connectivity index (χ4n) is 3.78. The van der Waals surface area contributed by atoms with Gasteiger partial charge in [-0.25, -0.2) is 14.8 Å². The summed E-state index contributed by atoms with van der Waals surface area (Å²) < 4.78 is 6.75. The second-order valence-corrected chi connectivity index (χ2v) is 8.06. The Morgan fingerprint density at radius 3 is 2.30 bits per heavy atom. The van der Waals surface area contributed by atoms with E-state index in [-0.39, 0.29) is 0 Å². The largest absolute Gasteiger partial charge is 0.403 e. The summed E-state index contributed by atoms with van der Waals surface area (Å²) in [7, 11) is 0. The van der Waals surface area contributed by atoms with Gasteiger partial charge in [-0.2, -0.15) is 0 Å². The third-order valence-corrected chi connectivity index (χ3v) is 6.26. The number of pyridine rings is 1. The van der Waals surface area contributed by atoms with Crippen molar-refractivity contribution in [2.45, 2.75) is 0 Å². The van der Waals surface area contributed by atoms with Gasteiger partial charge in [-0.05, 0) is 23.6 Å². The van der Waals surface area contributed by atoms with Crippen LogP contribution in [0.1, 0.15) is 0 Å². The molecule has 0 aliphatic rings. The van der Waals surface area contributed by atoms with Crippen molar-refractivity contribution in [3.63, 3.8) is 0 Å². The predicted octanol–water partition coefficient (Wildman–Crippen LogP) is 6.28. The maximum absolute atomic E-state index is 12.9. The quantitative estimate of drug-likeness (QED) is 0.317. The molecule has 30 heavy (non-hydrogen) atoms. The van der Waals surface area contributed by atoms with E-state index < -0.39 is 5.63 Å². The van der Waals surface area contributed by atoms with Gasteiger partial charge >= 0.3 is 5.63 Å². The minimum Gasteiger partial charge on any atom is -0.403 e. The zero-order valence-corrected chi connectivity index (χ0v) is 16.5. The van der Waals surface area contributed by atoms with E-state index in [0.717, 1.165) is 37.6 Å². The fraction of sp³-hybridized carbons (Fsp3) is 0. The lowest BCUT2D eigenvalue weighted by molar-refractivity contribution is 0.553. The normalized spacial score (nSPS) is 11.5. The van der Waals surface area contributed by atoms with Gasteiger partial charge in [-0.1, -0.05) is 66.7 Å². The predicted molar refractivity (Wildman–Crippen MR) is 122 cm³/mol. The molecule has 0 fully saturated rings. The molecule has 0 aliphatic heterocycles. The van der Waals surface area contributed by atoms with Crippen LogP contribution in [0, 0.1) is 0 Å². The topological polar surface area (TPSA) is 56.0 Å². The van der Waals surface area contributed by atoms with E-state index in [4.69, 9.17) is 9.40 Å². The number of thiazole rings is 1. The Morgan fingerprint density at radius 2 is 1.47 bits per heavy atom. The van der Waals surface area contributed by atoms with Crippen molar-refractivity contribution in [1.29, 1.82) is 0 Å². The molecule has 3 heterocycles. The lowest BCUT2D eigenvalue weighted by Gasteiger charge is -2.09. The molecule has 0 atom stereocenters. The molecule has 3 aromatic heterocycles. The van der Waals surface area contributed by atoms with Crippen molar-refractivity contribution < 1.29 is 4.42 Å². The Balaban J connectivity index is 1.67. The molecule has 142 valence electrons. The van der Waals surface area contributed by atoms with Crippen LogP contribution in [0.15, 0.2) is 94.1 Å². The van der Waals surface area contributed by atoms with Gasteiger partial charge in [-0.3, -0.25) is 0 Å². The minimum atomic E-state index is -0.427. The number of para-hydroxylation sites is 1. The van der Waals surface area contributed by atoms with Crippen LogP contribution < -0.4 is 5.63 Å². The highest BCUT2D eigenvalue weighted by molar-refractivity contribution is 7.21. The second-order valence-electron chi connectivity index (χ2n) is 7.03. The number of hydrogen-bond donors (Lipinski definition) is 0. The average Bonchev–Trinajstić information content (AvgIpc) is 3.22. The van der Waals surface area contributed by atoms with E-state index in [1.165, 1.54) is 11.3 Å².